The van der Waals surface area contributed by atoms with Crippen LogP contribution in [0.3, 0.4) is 0 Å². The predicted molar refractivity (Wildman–Crippen MR) is 126 cm³/mol. The number of ether oxygens (including phenoxy) is 3. The average Bonchev–Trinajstić information content (AvgIpc) is 3.53. The van der Waals surface area contributed by atoms with Gasteiger partial charge in [-0.1, -0.05) is 12.1 Å². The van der Waals surface area contributed by atoms with Gasteiger partial charge in [0.1, 0.15) is 17.6 Å². The molecule has 1 aliphatic heterocycles. The summed E-state index contributed by atoms with van der Waals surface area (Å²) in [7, 11) is 0. The lowest BCUT2D eigenvalue weighted by Crippen LogP contribution is -2.31. The topological polar surface area (TPSA) is 103 Å². The molecule has 2 heterocycles. The molecule has 1 atom stereocenters. The van der Waals surface area contributed by atoms with Gasteiger partial charge in [-0.05, 0) is 43.3 Å². The predicted octanol–water partition coefficient (Wildman–Crippen LogP) is 6.12. The molecule has 2 amide bonds. The Morgan fingerprint density at radius 2 is 1.77 bits per heavy atom. The standard InChI is InChI=1S/C25H21F6N3O6/c1-2-37-23(36)34-12-11-16(13-34)38-15-9-7-14(8-10-15)32-21(35)19-20(24(26,27)28)39-22(33-19)17-5-3-4-6-18(17)40-25(29,30)31/h3-10,16H,2,11-13H2,1H3,(H,32,35). The SMILES string of the molecule is CCOC(=O)N1CCC(Oc2ccc(NC(=O)c3nc(-c4ccccc4OC(F)(F)F)oc3C(F)(F)F)cc2)C1. The van der Waals surface area contributed by atoms with E-state index in [1.807, 2.05) is 0 Å². The van der Waals surface area contributed by atoms with Gasteiger partial charge in [-0.15, -0.1) is 13.2 Å². The van der Waals surface area contributed by atoms with Crippen LogP contribution in [0, 0.1) is 0 Å². The third kappa shape index (κ3) is 6.95. The first-order valence-electron chi connectivity index (χ1n) is 11.8. The van der Waals surface area contributed by atoms with Crippen LogP contribution in [0.1, 0.15) is 29.6 Å². The number of amides is 2. The Kier molecular flexibility index (Phi) is 8.11. The number of hydrogen-bond acceptors (Lipinski definition) is 7. The summed E-state index contributed by atoms with van der Waals surface area (Å²) < 4.78 is 98.5. The number of likely N-dealkylation sites (tertiary alicyclic amines) is 1. The van der Waals surface area contributed by atoms with Crippen LogP contribution in [0.4, 0.5) is 36.8 Å². The number of aromatic nitrogens is 1. The zero-order valence-electron chi connectivity index (χ0n) is 20.6. The second-order valence-corrected chi connectivity index (χ2v) is 8.39. The van der Waals surface area contributed by atoms with Gasteiger partial charge in [0, 0.05) is 18.7 Å². The molecule has 0 aliphatic carbocycles. The Hall–Kier alpha value is -4.43. The summed E-state index contributed by atoms with van der Waals surface area (Å²) in [6.45, 7) is 2.70. The summed E-state index contributed by atoms with van der Waals surface area (Å²) in [6, 6.07) is 9.94. The van der Waals surface area contributed by atoms with Gasteiger partial charge in [0.2, 0.25) is 11.7 Å². The number of halogens is 6. The molecule has 1 aromatic heterocycles. The van der Waals surface area contributed by atoms with Crippen molar-refractivity contribution in [2.75, 3.05) is 25.0 Å². The summed E-state index contributed by atoms with van der Waals surface area (Å²) in [4.78, 5) is 29.6. The highest BCUT2D eigenvalue weighted by atomic mass is 19.4. The molecule has 4 rings (SSSR count). The molecule has 1 aliphatic rings. The Bertz CT molecular complexity index is 1360. The van der Waals surface area contributed by atoms with Crippen molar-refractivity contribution in [2.24, 2.45) is 0 Å². The van der Waals surface area contributed by atoms with Crippen LogP contribution in [-0.2, 0) is 10.9 Å². The van der Waals surface area contributed by atoms with Crippen molar-refractivity contribution in [1.82, 2.24) is 9.88 Å². The number of rotatable bonds is 7. The summed E-state index contributed by atoms with van der Waals surface area (Å²) >= 11 is 0. The number of hydrogen-bond donors (Lipinski definition) is 1. The molecule has 1 N–H and O–H groups in total. The highest BCUT2D eigenvalue weighted by Gasteiger charge is 2.42. The molecule has 0 radical (unpaired) electrons. The molecule has 40 heavy (non-hydrogen) atoms. The van der Waals surface area contributed by atoms with E-state index in [-0.39, 0.29) is 18.4 Å². The zero-order valence-corrected chi connectivity index (χ0v) is 20.6. The van der Waals surface area contributed by atoms with Gasteiger partial charge in [0.25, 0.3) is 5.91 Å². The van der Waals surface area contributed by atoms with E-state index < -0.39 is 53.2 Å². The monoisotopic (exact) mass is 573 g/mol. The minimum Gasteiger partial charge on any atom is -0.489 e. The van der Waals surface area contributed by atoms with Crippen LogP contribution in [-0.4, -0.2) is 54.0 Å². The van der Waals surface area contributed by atoms with Crippen molar-refractivity contribution in [2.45, 2.75) is 32.0 Å². The van der Waals surface area contributed by atoms with E-state index in [1.54, 1.807) is 6.92 Å². The minimum atomic E-state index is -5.19. The van der Waals surface area contributed by atoms with Gasteiger partial charge in [-0.3, -0.25) is 4.79 Å². The van der Waals surface area contributed by atoms with Crippen molar-refractivity contribution in [1.29, 1.82) is 0 Å². The molecule has 1 fully saturated rings. The van der Waals surface area contributed by atoms with Crippen molar-refractivity contribution in [3.05, 3.63) is 60.0 Å². The van der Waals surface area contributed by atoms with E-state index in [0.29, 0.717) is 25.3 Å². The number of carbonyl (C=O) groups is 2. The number of oxazole rings is 1. The van der Waals surface area contributed by atoms with Gasteiger partial charge < -0.3 is 28.8 Å². The maximum Gasteiger partial charge on any atom is 0.573 e. The summed E-state index contributed by atoms with van der Waals surface area (Å²) in [6.07, 6.45) is -10.5. The number of anilines is 1. The molecule has 9 nitrogen and oxygen atoms in total. The first kappa shape index (κ1) is 28.6. The van der Waals surface area contributed by atoms with Crippen LogP contribution in [0.2, 0.25) is 0 Å². The Labute approximate surface area is 222 Å². The average molecular weight is 573 g/mol. The normalized spacial score (nSPS) is 15.6. The van der Waals surface area contributed by atoms with Crippen LogP contribution < -0.4 is 14.8 Å². The number of alkyl halides is 6. The minimum absolute atomic E-state index is 0.0791. The second-order valence-electron chi connectivity index (χ2n) is 8.39. The molecule has 2 aromatic carbocycles. The lowest BCUT2D eigenvalue weighted by molar-refractivity contribution is -0.274. The largest absolute Gasteiger partial charge is 0.573 e. The maximum absolute atomic E-state index is 13.6. The number of benzene rings is 2. The van der Waals surface area contributed by atoms with Crippen LogP contribution >= 0.6 is 0 Å². The van der Waals surface area contributed by atoms with E-state index >= 15 is 0 Å². The van der Waals surface area contributed by atoms with Crippen LogP contribution in [0.5, 0.6) is 11.5 Å². The Morgan fingerprint density at radius 3 is 2.42 bits per heavy atom. The molecule has 0 spiro atoms. The van der Waals surface area contributed by atoms with E-state index in [1.165, 1.54) is 41.3 Å². The summed E-state index contributed by atoms with van der Waals surface area (Å²) in [5.74, 6) is -4.48. The van der Waals surface area contributed by atoms with Gasteiger partial charge >= 0.3 is 18.6 Å². The van der Waals surface area contributed by atoms with Gasteiger partial charge in [-0.2, -0.15) is 13.2 Å². The Balaban J connectivity index is 1.49. The molecule has 0 bridgehead atoms. The molecule has 214 valence electrons. The molecular weight excluding hydrogens is 552 g/mol. The first-order valence-corrected chi connectivity index (χ1v) is 11.8. The molecule has 0 saturated carbocycles. The van der Waals surface area contributed by atoms with Crippen molar-refractivity contribution in [3.8, 4) is 23.0 Å². The lowest BCUT2D eigenvalue weighted by Gasteiger charge is -2.16. The fourth-order valence-electron chi connectivity index (χ4n) is 3.84. The fourth-order valence-corrected chi connectivity index (χ4v) is 3.84. The third-order valence-electron chi connectivity index (χ3n) is 5.53. The van der Waals surface area contributed by atoms with Crippen molar-refractivity contribution in [3.63, 3.8) is 0 Å². The molecule has 1 saturated heterocycles. The second kappa shape index (κ2) is 11.4. The Morgan fingerprint density at radius 1 is 1.07 bits per heavy atom. The fraction of sp³-hybridized carbons (Fsp3) is 0.320. The summed E-state index contributed by atoms with van der Waals surface area (Å²) in [5.41, 5.74) is -1.65. The van der Waals surface area contributed by atoms with Gasteiger partial charge in [0.15, 0.2) is 5.69 Å². The van der Waals surface area contributed by atoms with E-state index in [2.05, 4.69) is 15.0 Å². The molecule has 15 heteroatoms. The van der Waals surface area contributed by atoms with Gasteiger partial charge in [-0.25, -0.2) is 9.78 Å². The highest BCUT2D eigenvalue weighted by molar-refractivity contribution is 6.04. The third-order valence-corrected chi connectivity index (χ3v) is 5.53. The number of nitrogens with one attached hydrogen (secondary N) is 1. The van der Waals surface area contributed by atoms with E-state index in [4.69, 9.17) is 13.9 Å². The molecule has 3 aromatic rings. The zero-order chi connectivity index (χ0) is 29.1. The van der Waals surface area contributed by atoms with E-state index in [9.17, 15) is 35.9 Å². The summed E-state index contributed by atoms with van der Waals surface area (Å²) in [5, 5.41) is 2.25. The first-order chi connectivity index (χ1) is 18.8. The van der Waals surface area contributed by atoms with Crippen LogP contribution in [0.25, 0.3) is 11.5 Å². The molecule has 1 unspecified atom stereocenters. The highest BCUT2D eigenvalue weighted by Crippen LogP contribution is 2.39. The number of nitrogens with zero attached hydrogens (tertiary/aromatic N) is 2. The van der Waals surface area contributed by atoms with Gasteiger partial charge in [0.05, 0.1) is 18.7 Å². The molecular formula is C25H21F6N3O6. The lowest BCUT2D eigenvalue weighted by atomic mass is 10.2. The van der Waals surface area contributed by atoms with Crippen molar-refractivity contribution < 1.29 is 54.6 Å². The van der Waals surface area contributed by atoms with Crippen molar-refractivity contribution >= 4 is 17.7 Å². The maximum atomic E-state index is 13.6. The van der Waals surface area contributed by atoms with Crippen LogP contribution in [0.15, 0.2) is 52.9 Å². The van der Waals surface area contributed by atoms with E-state index in [0.717, 1.165) is 12.1 Å². The number of carbonyl (C=O) groups excluding carboxylic acids is 2. The number of para-hydroxylation sites is 1. The smallest absolute Gasteiger partial charge is 0.489 e. The quantitative estimate of drug-likeness (QED) is 0.340.